The maximum absolute atomic E-state index is 12.3. The number of carbonyl (C=O) groups excluding carboxylic acids is 1. The Morgan fingerprint density at radius 2 is 1.95 bits per heavy atom. The van der Waals surface area contributed by atoms with Crippen LogP contribution in [0.2, 0.25) is 0 Å². The Hall–Kier alpha value is -2.71. The Morgan fingerprint density at radius 1 is 1.32 bits per heavy atom. The van der Waals surface area contributed by atoms with Crippen LogP contribution in [0.1, 0.15) is 30.0 Å². The molecule has 0 saturated heterocycles. The van der Waals surface area contributed by atoms with E-state index in [9.17, 15) is 14.9 Å². The Morgan fingerprint density at radius 3 is 2.41 bits per heavy atom. The molecule has 118 valence electrons. The largest absolute Gasteiger partial charge is 0.321 e. The lowest BCUT2D eigenvalue weighted by Crippen LogP contribution is -2.24. The summed E-state index contributed by atoms with van der Waals surface area (Å²) in [6.45, 7) is 6.82. The van der Waals surface area contributed by atoms with Crippen molar-refractivity contribution in [2.75, 3.05) is 5.32 Å². The van der Waals surface area contributed by atoms with E-state index in [0.29, 0.717) is 11.4 Å². The van der Waals surface area contributed by atoms with Crippen LogP contribution in [0.5, 0.6) is 0 Å². The Labute approximate surface area is 127 Å². The summed E-state index contributed by atoms with van der Waals surface area (Å²) in [6.07, 6.45) is 1.27. The fourth-order valence-electron chi connectivity index (χ4n) is 2.15. The summed E-state index contributed by atoms with van der Waals surface area (Å²) in [5, 5.41) is 21.9. The van der Waals surface area contributed by atoms with E-state index in [-0.39, 0.29) is 17.3 Å². The summed E-state index contributed by atoms with van der Waals surface area (Å²) in [4.78, 5) is 22.7. The van der Waals surface area contributed by atoms with E-state index >= 15 is 0 Å². The van der Waals surface area contributed by atoms with Gasteiger partial charge < -0.3 is 5.32 Å². The lowest BCUT2D eigenvalue weighted by atomic mass is 10.2. The van der Waals surface area contributed by atoms with Gasteiger partial charge in [0.2, 0.25) is 5.91 Å². The molecule has 1 unspecified atom stereocenters. The van der Waals surface area contributed by atoms with Crippen molar-refractivity contribution >= 4 is 17.3 Å². The predicted octanol–water partition coefficient (Wildman–Crippen LogP) is 1.65. The number of aromatic nitrogens is 4. The highest BCUT2D eigenvalue weighted by Crippen LogP contribution is 2.22. The summed E-state index contributed by atoms with van der Waals surface area (Å²) in [5.74, 6) is -0.309. The van der Waals surface area contributed by atoms with Gasteiger partial charge in [0, 0.05) is 7.05 Å². The Balaban J connectivity index is 2.22. The molecular weight excluding hydrogens is 288 g/mol. The first-order valence-electron chi connectivity index (χ1n) is 6.73. The van der Waals surface area contributed by atoms with E-state index in [1.165, 1.54) is 17.8 Å². The van der Waals surface area contributed by atoms with Gasteiger partial charge in [-0.1, -0.05) is 0 Å². The smallest absolute Gasteiger partial charge is 0.309 e. The van der Waals surface area contributed by atoms with Crippen LogP contribution in [0, 0.1) is 30.9 Å². The van der Waals surface area contributed by atoms with Crippen molar-refractivity contribution in [3.8, 4) is 0 Å². The number of anilines is 1. The molecule has 1 N–H and O–H groups in total. The number of rotatable bonds is 4. The molecule has 0 fully saturated rings. The van der Waals surface area contributed by atoms with Gasteiger partial charge >= 0.3 is 5.69 Å². The first-order chi connectivity index (χ1) is 10.2. The van der Waals surface area contributed by atoms with Gasteiger partial charge in [-0.05, 0) is 27.7 Å². The highest BCUT2D eigenvalue weighted by atomic mass is 16.6. The van der Waals surface area contributed by atoms with Gasteiger partial charge in [0.15, 0.2) is 0 Å². The van der Waals surface area contributed by atoms with Gasteiger partial charge in [-0.3, -0.25) is 24.3 Å². The number of nitrogens with one attached hydrogen (secondary N) is 1. The molecule has 0 radical (unpaired) electrons. The topological polar surface area (TPSA) is 108 Å². The zero-order valence-corrected chi connectivity index (χ0v) is 13.1. The number of carbonyl (C=O) groups is 1. The molecule has 2 heterocycles. The molecule has 0 aliphatic heterocycles. The summed E-state index contributed by atoms with van der Waals surface area (Å²) in [7, 11) is 1.79. The molecule has 9 nitrogen and oxygen atoms in total. The number of nitro groups is 1. The molecule has 0 aliphatic carbocycles. The highest BCUT2D eigenvalue weighted by molar-refractivity contribution is 5.94. The molecule has 0 saturated carbocycles. The molecule has 9 heteroatoms. The number of nitrogens with zero attached hydrogens (tertiary/aromatic N) is 5. The van der Waals surface area contributed by atoms with Crippen LogP contribution in [0.3, 0.4) is 0 Å². The van der Waals surface area contributed by atoms with Gasteiger partial charge in [-0.2, -0.15) is 10.2 Å². The zero-order valence-electron chi connectivity index (χ0n) is 13.1. The van der Waals surface area contributed by atoms with Gasteiger partial charge in [0.05, 0.1) is 22.0 Å². The van der Waals surface area contributed by atoms with Gasteiger partial charge in [0.25, 0.3) is 0 Å². The molecule has 22 heavy (non-hydrogen) atoms. The third-order valence-electron chi connectivity index (χ3n) is 3.62. The number of hydrogen-bond acceptors (Lipinski definition) is 5. The van der Waals surface area contributed by atoms with E-state index in [1.54, 1.807) is 25.6 Å². The fourth-order valence-corrected chi connectivity index (χ4v) is 2.15. The van der Waals surface area contributed by atoms with Crippen molar-refractivity contribution < 1.29 is 9.72 Å². The van der Waals surface area contributed by atoms with Crippen molar-refractivity contribution in [1.82, 2.24) is 19.6 Å². The summed E-state index contributed by atoms with van der Waals surface area (Å²) in [5.41, 5.74) is 2.37. The predicted molar refractivity (Wildman–Crippen MR) is 79.6 cm³/mol. The molecule has 0 bridgehead atoms. The van der Waals surface area contributed by atoms with E-state index < -0.39 is 11.0 Å². The van der Waals surface area contributed by atoms with E-state index in [2.05, 4.69) is 15.5 Å². The third-order valence-corrected chi connectivity index (χ3v) is 3.62. The molecule has 2 aromatic rings. The van der Waals surface area contributed by atoms with Crippen LogP contribution in [-0.4, -0.2) is 30.4 Å². The number of hydrogen-bond donors (Lipinski definition) is 1. The Kier molecular flexibility index (Phi) is 3.98. The fraction of sp³-hybridized carbons (Fsp3) is 0.462. The molecule has 1 amide bonds. The average Bonchev–Trinajstić information content (AvgIpc) is 2.93. The maximum atomic E-state index is 12.3. The van der Waals surface area contributed by atoms with Gasteiger partial charge in [-0.15, -0.1) is 0 Å². The lowest BCUT2D eigenvalue weighted by Gasteiger charge is -2.12. The SMILES string of the molecule is Cc1nn(C(C)C(=O)Nc2c(C)nn(C)c2C)cc1[N+](=O)[O-]. The molecule has 0 aromatic carbocycles. The molecule has 0 spiro atoms. The van der Waals surface area contributed by atoms with Crippen LogP contribution in [0.15, 0.2) is 6.20 Å². The molecule has 0 aliphatic rings. The van der Waals surface area contributed by atoms with Gasteiger partial charge in [-0.25, -0.2) is 0 Å². The second-order valence-corrected chi connectivity index (χ2v) is 5.17. The first-order valence-corrected chi connectivity index (χ1v) is 6.73. The second kappa shape index (κ2) is 5.58. The molecular formula is C13H18N6O3. The van der Waals surface area contributed by atoms with Crippen molar-refractivity contribution in [3.05, 3.63) is 33.4 Å². The standard InChI is InChI=1S/C13H18N6O3/c1-7-11(19(21)22)6-18(16-7)10(4)13(20)14-12-8(2)15-17(5)9(12)3/h6,10H,1-5H3,(H,14,20). The third kappa shape index (κ3) is 2.69. The van der Waals surface area contributed by atoms with E-state index in [0.717, 1.165) is 5.69 Å². The molecule has 2 aromatic heterocycles. The average molecular weight is 306 g/mol. The normalized spacial score (nSPS) is 12.2. The van der Waals surface area contributed by atoms with Crippen molar-refractivity contribution in [3.63, 3.8) is 0 Å². The molecule has 1 atom stereocenters. The first kappa shape index (κ1) is 15.7. The maximum Gasteiger partial charge on any atom is 0.309 e. The quantitative estimate of drug-likeness (QED) is 0.682. The summed E-state index contributed by atoms with van der Waals surface area (Å²) in [6, 6.07) is -0.675. The monoisotopic (exact) mass is 306 g/mol. The minimum atomic E-state index is -0.675. The van der Waals surface area contributed by atoms with Gasteiger partial charge in [0.1, 0.15) is 17.9 Å². The minimum Gasteiger partial charge on any atom is -0.321 e. The number of amides is 1. The zero-order chi connectivity index (χ0) is 16.6. The van der Waals surface area contributed by atoms with E-state index in [4.69, 9.17) is 0 Å². The van der Waals surface area contributed by atoms with Crippen LogP contribution < -0.4 is 5.32 Å². The van der Waals surface area contributed by atoms with Crippen LogP contribution >= 0.6 is 0 Å². The van der Waals surface area contributed by atoms with Crippen LogP contribution in [0.4, 0.5) is 11.4 Å². The summed E-state index contributed by atoms with van der Waals surface area (Å²) >= 11 is 0. The van der Waals surface area contributed by atoms with Crippen LogP contribution in [0.25, 0.3) is 0 Å². The van der Waals surface area contributed by atoms with Crippen molar-refractivity contribution in [2.24, 2.45) is 7.05 Å². The Bertz CT molecular complexity index is 745. The van der Waals surface area contributed by atoms with Crippen molar-refractivity contribution in [2.45, 2.75) is 33.7 Å². The highest BCUT2D eigenvalue weighted by Gasteiger charge is 2.23. The minimum absolute atomic E-state index is 0.103. The van der Waals surface area contributed by atoms with Crippen molar-refractivity contribution in [1.29, 1.82) is 0 Å². The summed E-state index contributed by atoms with van der Waals surface area (Å²) < 4.78 is 2.97. The van der Waals surface area contributed by atoms with E-state index in [1.807, 2.05) is 6.92 Å². The second-order valence-electron chi connectivity index (χ2n) is 5.17. The van der Waals surface area contributed by atoms with Crippen LogP contribution in [-0.2, 0) is 11.8 Å². The number of aryl methyl sites for hydroxylation is 3. The lowest BCUT2D eigenvalue weighted by molar-refractivity contribution is -0.385. The molecule has 2 rings (SSSR count).